The first-order valence-corrected chi connectivity index (χ1v) is 7.40. The third-order valence-corrected chi connectivity index (χ3v) is 4.63. The van der Waals surface area contributed by atoms with Gasteiger partial charge in [0.1, 0.15) is 0 Å². The van der Waals surface area contributed by atoms with Crippen molar-refractivity contribution in [1.29, 1.82) is 0 Å². The molecule has 1 amide bonds. The van der Waals surface area contributed by atoms with Gasteiger partial charge < -0.3 is 0 Å². The lowest BCUT2D eigenvalue weighted by Gasteiger charge is -2.29. The van der Waals surface area contributed by atoms with Crippen LogP contribution in [0.1, 0.15) is 37.7 Å². The first-order chi connectivity index (χ1) is 10.2. The molecule has 5 heteroatoms. The van der Waals surface area contributed by atoms with E-state index in [1.165, 1.54) is 0 Å². The highest BCUT2D eigenvalue weighted by atomic mass is 16.2. The maximum absolute atomic E-state index is 11.7. The van der Waals surface area contributed by atoms with Crippen LogP contribution in [-0.2, 0) is 15.1 Å². The first kappa shape index (κ1) is 13.8. The average molecular weight is 285 g/mol. The van der Waals surface area contributed by atoms with Gasteiger partial charge >= 0.3 is 0 Å². The lowest BCUT2D eigenvalue weighted by atomic mass is 9.88. The zero-order chi connectivity index (χ0) is 14.9. The lowest BCUT2D eigenvalue weighted by Crippen LogP contribution is -2.35. The van der Waals surface area contributed by atoms with Gasteiger partial charge in [-0.1, -0.05) is 25.0 Å². The van der Waals surface area contributed by atoms with Crippen LogP contribution in [-0.4, -0.2) is 30.6 Å². The van der Waals surface area contributed by atoms with Crippen LogP contribution in [0.4, 0.5) is 5.69 Å². The number of anilines is 1. The van der Waals surface area contributed by atoms with Gasteiger partial charge in [0.25, 0.3) is 0 Å². The Balaban J connectivity index is 1.96. The Morgan fingerprint density at radius 2 is 2.05 bits per heavy atom. The highest BCUT2D eigenvalue weighted by Crippen LogP contribution is 2.43. The van der Waals surface area contributed by atoms with Crippen molar-refractivity contribution in [2.24, 2.45) is 4.99 Å². The Hall–Kier alpha value is -2.13. The van der Waals surface area contributed by atoms with Gasteiger partial charge in [-0.15, -0.1) is 0 Å². The minimum atomic E-state index is -0.417. The summed E-state index contributed by atoms with van der Waals surface area (Å²) in [5, 5.41) is 3.63. The molecule has 2 fully saturated rings. The third-order valence-electron chi connectivity index (χ3n) is 4.63. The molecule has 0 radical (unpaired) electrons. The van der Waals surface area contributed by atoms with Gasteiger partial charge in [-0.2, -0.15) is 4.99 Å². The van der Waals surface area contributed by atoms with Gasteiger partial charge in [-0.3, -0.25) is 14.8 Å². The predicted octanol–water partition coefficient (Wildman–Crippen LogP) is 2.38. The molecule has 0 unspecified atom stereocenters. The van der Waals surface area contributed by atoms with Crippen molar-refractivity contribution < 1.29 is 9.59 Å². The normalized spacial score (nSPS) is 20.7. The molecule has 0 bridgehead atoms. The first-order valence-electron chi connectivity index (χ1n) is 7.40. The van der Waals surface area contributed by atoms with E-state index in [0.29, 0.717) is 13.0 Å². The largest absolute Gasteiger partial charge is 0.283 e. The van der Waals surface area contributed by atoms with Crippen LogP contribution in [0.5, 0.6) is 0 Å². The van der Waals surface area contributed by atoms with Gasteiger partial charge in [0.15, 0.2) is 0 Å². The van der Waals surface area contributed by atoms with E-state index in [0.717, 1.165) is 36.9 Å². The maximum atomic E-state index is 11.7. The number of carbonyl (C=O) groups excluding carboxylic acids is 2. The summed E-state index contributed by atoms with van der Waals surface area (Å²) in [6, 6.07) is 8.04. The van der Waals surface area contributed by atoms with Gasteiger partial charge in [-0.25, -0.2) is 4.79 Å². The van der Waals surface area contributed by atoms with Gasteiger partial charge in [0.05, 0.1) is 11.2 Å². The van der Waals surface area contributed by atoms with Crippen LogP contribution >= 0.6 is 0 Å². The fourth-order valence-electron chi connectivity index (χ4n) is 3.42. The minimum absolute atomic E-state index is 0.127. The molecule has 110 valence electrons. The molecular weight excluding hydrogens is 266 g/mol. The summed E-state index contributed by atoms with van der Waals surface area (Å²) in [6.45, 7) is 0.697. The van der Waals surface area contributed by atoms with Crippen molar-refractivity contribution in [2.45, 2.75) is 37.6 Å². The van der Waals surface area contributed by atoms with E-state index in [1.54, 1.807) is 18.1 Å². The standard InChI is InChI=1S/C16H19N3O2/c1-18-15(21)7-10-19(18)14-6-4-5-13(11-14)16(17-12-20)8-2-3-9-16/h4-6,11H,2-3,7-10H2,1H3. The van der Waals surface area contributed by atoms with Crippen LogP contribution in [0, 0.1) is 0 Å². The Kier molecular flexibility index (Phi) is 3.52. The Morgan fingerprint density at radius 3 is 2.67 bits per heavy atom. The van der Waals surface area contributed by atoms with Gasteiger partial charge in [0.2, 0.25) is 12.0 Å². The molecule has 1 aromatic carbocycles. The molecule has 3 rings (SSSR count). The van der Waals surface area contributed by atoms with Crippen molar-refractivity contribution in [3.05, 3.63) is 29.8 Å². The molecule has 1 saturated heterocycles. The zero-order valence-electron chi connectivity index (χ0n) is 12.2. The number of hydrogen-bond donors (Lipinski definition) is 0. The second kappa shape index (κ2) is 5.34. The summed E-state index contributed by atoms with van der Waals surface area (Å²) in [7, 11) is 1.79. The Labute approximate surface area is 124 Å². The summed E-state index contributed by atoms with van der Waals surface area (Å²) in [6.07, 6.45) is 6.23. The SMILES string of the molecule is CN1C(=O)CCN1c1cccc(C2(N=C=O)CCCC2)c1. The molecule has 1 saturated carbocycles. The number of benzene rings is 1. The van der Waals surface area contributed by atoms with E-state index in [2.05, 4.69) is 11.1 Å². The van der Waals surface area contributed by atoms with E-state index in [1.807, 2.05) is 23.2 Å². The molecule has 5 nitrogen and oxygen atoms in total. The molecule has 0 atom stereocenters. The number of isocyanates is 1. The highest BCUT2D eigenvalue weighted by Gasteiger charge is 2.36. The zero-order valence-corrected chi connectivity index (χ0v) is 12.2. The van der Waals surface area contributed by atoms with Crippen molar-refractivity contribution in [1.82, 2.24) is 5.01 Å². The molecule has 0 aromatic heterocycles. The number of amides is 1. The summed E-state index contributed by atoms with van der Waals surface area (Å²) < 4.78 is 0. The van der Waals surface area contributed by atoms with E-state index in [4.69, 9.17) is 0 Å². The number of aliphatic imine (C=N–C) groups is 1. The number of hydrazine groups is 1. The lowest BCUT2D eigenvalue weighted by molar-refractivity contribution is -0.126. The fourth-order valence-corrected chi connectivity index (χ4v) is 3.42. The van der Waals surface area contributed by atoms with E-state index in [9.17, 15) is 9.59 Å². The molecule has 1 heterocycles. The molecule has 21 heavy (non-hydrogen) atoms. The molecule has 2 aliphatic rings. The summed E-state index contributed by atoms with van der Waals surface area (Å²) >= 11 is 0. The summed E-state index contributed by atoms with van der Waals surface area (Å²) in [4.78, 5) is 26.6. The topological polar surface area (TPSA) is 53.0 Å². The summed E-state index contributed by atoms with van der Waals surface area (Å²) in [5.74, 6) is 0.127. The quantitative estimate of drug-likeness (QED) is 0.633. The molecular formula is C16H19N3O2. The van der Waals surface area contributed by atoms with Gasteiger partial charge in [0, 0.05) is 20.0 Å². The smallest absolute Gasteiger partial charge is 0.242 e. The van der Waals surface area contributed by atoms with Crippen molar-refractivity contribution in [3.8, 4) is 0 Å². The maximum Gasteiger partial charge on any atom is 0.242 e. The van der Waals surface area contributed by atoms with Crippen LogP contribution in [0.15, 0.2) is 29.3 Å². The van der Waals surface area contributed by atoms with E-state index in [-0.39, 0.29) is 5.91 Å². The number of hydrogen-bond acceptors (Lipinski definition) is 4. The van der Waals surface area contributed by atoms with Crippen molar-refractivity contribution in [2.75, 3.05) is 18.6 Å². The fraction of sp³-hybridized carbons (Fsp3) is 0.500. The van der Waals surface area contributed by atoms with Crippen LogP contribution in [0.25, 0.3) is 0 Å². The third kappa shape index (κ3) is 2.34. The van der Waals surface area contributed by atoms with Crippen LogP contribution < -0.4 is 5.01 Å². The summed E-state index contributed by atoms with van der Waals surface area (Å²) in [5.41, 5.74) is 1.61. The molecule has 0 spiro atoms. The van der Waals surface area contributed by atoms with Crippen LogP contribution in [0.3, 0.4) is 0 Å². The van der Waals surface area contributed by atoms with Gasteiger partial charge in [-0.05, 0) is 30.5 Å². The number of carbonyl (C=O) groups is 1. The minimum Gasteiger partial charge on any atom is -0.283 e. The second-order valence-electron chi connectivity index (χ2n) is 5.78. The number of nitrogens with zero attached hydrogens (tertiary/aromatic N) is 3. The molecule has 1 aliphatic carbocycles. The predicted molar refractivity (Wildman–Crippen MR) is 79.4 cm³/mol. The van der Waals surface area contributed by atoms with Crippen molar-refractivity contribution in [3.63, 3.8) is 0 Å². The molecule has 1 aromatic rings. The number of rotatable bonds is 3. The van der Waals surface area contributed by atoms with Crippen molar-refractivity contribution >= 4 is 17.7 Å². The van der Waals surface area contributed by atoms with E-state index >= 15 is 0 Å². The monoisotopic (exact) mass is 285 g/mol. The van der Waals surface area contributed by atoms with Crippen LogP contribution in [0.2, 0.25) is 0 Å². The molecule has 1 aliphatic heterocycles. The highest BCUT2D eigenvalue weighted by molar-refractivity contribution is 5.81. The second-order valence-corrected chi connectivity index (χ2v) is 5.78. The molecule has 0 N–H and O–H groups in total. The average Bonchev–Trinajstić information content (AvgIpc) is 3.09. The Morgan fingerprint density at radius 1 is 1.29 bits per heavy atom. The van der Waals surface area contributed by atoms with E-state index < -0.39 is 5.54 Å². The Bertz CT molecular complexity index is 601.